The summed E-state index contributed by atoms with van der Waals surface area (Å²) in [7, 11) is 3.22. The monoisotopic (exact) mass is 321 g/mol. The zero-order valence-electron chi connectivity index (χ0n) is 11.9. The second-order valence-electron chi connectivity index (χ2n) is 4.73. The third-order valence-corrected chi connectivity index (χ3v) is 5.00. The number of hydrogen-bond acceptors (Lipinski definition) is 4. The summed E-state index contributed by atoms with van der Waals surface area (Å²) in [5.74, 6) is 2.29. The summed E-state index contributed by atoms with van der Waals surface area (Å²) in [6, 6.07) is 12.3. The lowest BCUT2D eigenvalue weighted by Crippen LogP contribution is -2.10. The molecule has 1 aliphatic rings. The van der Waals surface area contributed by atoms with Crippen LogP contribution in [-0.2, 0) is 0 Å². The summed E-state index contributed by atoms with van der Waals surface area (Å²) < 4.78 is 10.6. The Kier molecular flexibility index (Phi) is 4.17. The minimum atomic E-state index is 0.252. The maximum Gasteiger partial charge on any atom is 0.162 e. The van der Waals surface area contributed by atoms with Crippen molar-refractivity contribution in [2.45, 2.75) is 10.9 Å². The van der Waals surface area contributed by atoms with E-state index in [1.807, 2.05) is 17.8 Å². The van der Waals surface area contributed by atoms with E-state index >= 15 is 0 Å². The summed E-state index contributed by atoms with van der Waals surface area (Å²) in [4.78, 5) is 1.33. The highest BCUT2D eigenvalue weighted by Crippen LogP contribution is 2.42. The van der Waals surface area contributed by atoms with Crippen LogP contribution < -0.4 is 14.8 Å². The minimum absolute atomic E-state index is 0.252. The molecule has 0 saturated heterocycles. The van der Waals surface area contributed by atoms with Crippen LogP contribution in [0.4, 0.5) is 5.69 Å². The molecule has 0 radical (unpaired) electrons. The van der Waals surface area contributed by atoms with E-state index in [1.165, 1.54) is 10.5 Å². The molecule has 3 rings (SSSR count). The normalized spacial score (nSPS) is 16.4. The van der Waals surface area contributed by atoms with Crippen molar-refractivity contribution in [2.24, 2.45) is 0 Å². The average Bonchev–Trinajstić information content (AvgIpc) is 2.92. The van der Waals surface area contributed by atoms with Gasteiger partial charge in [0.2, 0.25) is 0 Å². The number of nitrogens with one attached hydrogen (secondary N) is 1. The minimum Gasteiger partial charge on any atom is -0.493 e. The topological polar surface area (TPSA) is 30.5 Å². The van der Waals surface area contributed by atoms with Crippen LogP contribution in [0.3, 0.4) is 0 Å². The molecule has 2 aromatic carbocycles. The van der Waals surface area contributed by atoms with Crippen molar-refractivity contribution in [2.75, 3.05) is 25.3 Å². The van der Waals surface area contributed by atoms with Gasteiger partial charge in [-0.1, -0.05) is 29.8 Å². The van der Waals surface area contributed by atoms with Crippen LogP contribution in [-0.4, -0.2) is 20.0 Å². The van der Waals surface area contributed by atoms with E-state index in [9.17, 15) is 0 Å². The van der Waals surface area contributed by atoms with E-state index in [-0.39, 0.29) is 6.04 Å². The van der Waals surface area contributed by atoms with E-state index in [0.29, 0.717) is 16.5 Å². The van der Waals surface area contributed by atoms with E-state index in [0.717, 1.165) is 11.4 Å². The van der Waals surface area contributed by atoms with Crippen molar-refractivity contribution in [3.05, 3.63) is 47.0 Å². The van der Waals surface area contributed by atoms with E-state index in [2.05, 4.69) is 29.6 Å². The molecular weight excluding hydrogens is 306 g/mol. The molecular formula is C16H16ClNO2S. The van der Waals surface area contributed by atoms with Crippen molar-refractivity contribution in [1.82, 2.24) is 0 Å². The quantitative estimate of drug-likeness (QED) is 0.890. The van der Waals surface area contributed by atoms with Gasteiger partial charge in [0.15, 0.2) is 11.5 Å². The van der Waals surface area contributed by atoms with Gasteiger partial charge < -0.3 is 14.8 Å². The highest BCUT2D eigenvalue weighted by molar-refractivity contribution is 7.99. The lowest BCUT2D eigenvalue weighted by atomic mass is 10.1. The number of methoxy groups -OCH3 is 2. The van der Waals surface area contributed by atoms with E-state index in [4.69, 9.17) is 21.1 Å². The number of fused-ring (bicyclic) bond motifs is 1. The number of halogens is 1. The van der Waals surface area contributed by atoms with Crippen molar-refractivity contribution in [3.63, 3.8) is 0 Å². The molecule has 0 spiro atoms. The van der Waals surface area contributed by atoms with Gasteiger partial charge in [0, 0.05) is 22.8 Å². The Morgan fingerprint density at radius 1 is 1.14 bits per heavy atom. The van der Waals surface area contributed by atoms with Crippen LogP contribution in [0.15, 0.2) is 41.3 Å². The summed E-state index contributed by atoms with van der Waals surface area (Å²) in [5.41, 5.74) is 2.17. The highest BCUT2D eigenvalue weighted by Gasteiger charge is 2.23. The second-order valence-corrected chi connectivity index (χ2v) is 6.20. The molecule has 1 heterocycles. The first-order chi connectivity index (χ1) is 10.2. The van der Waals surface area contributed by atoms with Gasteiger partial charge in [0.05, 0.1) is 31.0 Å². The molecule has 3 nitrogen and oxygen atoms in total. The third kappa shape index (κ3) is 2.78. The van der Waals surface area contributed by atoms with Gasteiger partial charge in [0.1, 0.15) is 0 Å². The SMILES string of the molecule is COc1cc(Cl)c(NC2CSc3ccccc32)cc1OC. The summed E-state index contributed by atoms with van der Waals surface area (Å²) in [6.07, 6.45) is 0. The molecule has 0 bridgehead atoms. The summed E-state index contributed by atoms with van der Waals surface area (Å²) >= 11 is 8.19. The van der Waals surface area contributed by atoms with Gasteiger partial charge in [-0.3, -0.25) is 0 Å². The fourth-order valence-electron chi connectivity index (χ4n) is 2.43. The number of ether oxygens (including phenoxy) is 2. The predicted molar refractivity (Wildman–Crippen MR) is 88.1 cm³/mol. The number of benzene rings is 2. The molecule has 110 valence electrons. The zero-order valence-corrected chi connectivity index (χ0v) is 13.4. The van der Waals surface area contributed by atoms with Gasteiger partial charge in [-0.25, -0.2) is 0 Å². The van der Waals surface area contributed by atoms with Gasteiger partial charge in [-0.05, 0) is 11.6 Å². The Labute approximate surface area is 133 Å². The molecule has 2 aromatic rings. The number of rotatable bonds is 4. The van der Waals surface area contributed by atoms with Gasteiger partial charge in [-0.2, -0.15) is 0 Å². The van der Waals surface area contributed by atoms with Crippen molar-refractivity contribution in [3.8, 4) is 11.5 Å². The smallest absolute Gasteiger partial charge is 0.162 e. The van der Waals surface area contributed by atoms with Crippen molar-refractivity contribution in [1.29, 1.82) is 0 Å². The Morgan fingerprint density at radius 3 is 2.62 bits per heavy atom. The fraction of sp³-hybridized carbons (Fsp3) is 0.250. The third-order valence-electron chi connectivity index (χ3n) is 3.50. The average molecular weight is 322 g/mol. The Balaban J connectivity index is 1.89. The Morgan fingerprint density at radius 2 is 1.86 bits per heavy atom. The molecule has 5 heteroatoms. The zero-order chi connectivity index (χ0) is 14.8. The maximum atomic E-state index is 6.34. The summed E-state index contributed by atoms with van der Waals surface area (Å²) in [6.45, 7) is 0. The fourth-order valence-corrected chi connectivity index (χ4v) is 3.80. The number of thioether (sulfide) groups is 1. The van der Waals surface area contributed by atoms with Crippen molar-refractivity contribution >= 4 is 29.1 Å². The Hall–Kier alpha value is -1.52. The predicted octanol–water partition coefficient (Wildman–Crippen LogP) is 4.62. The lowest BCUT2D eigenvalue weighted by molar-refractivity contribution is 0.355. The second kappa shape index (κ2) is 6.08. The maximum absolute atomic E-state index is 6.34. The Bertz CT molecular complexity index is 663. The van der Waals surface area contributed by atoms with Crippen molar-refractivity contribution < 1.29 is 9.47 Å². The first-order valence-corrected chi connectivity index (χ1v) is 7.99. The molecule has 21 heavy (non-hydrogen) atoms. The molecule has 0 aliphatic carbocycles. The first-order valence-electron chi connectivity index (χ1n) is 6.62. The molecule has 1 unspecified atom stereocenters. The molecule has 1 atom stereocenters. The van der Waals surface area contributed by atoms with E-state index < -0.39 is 0 Å². The molecule has 0 amide bonds. The van der Waals surface area contributed by atoms with Gasteiger partial charge >= 0.3 is 0 Å². The molecule has 1 aliphatic heterocycles. The standard InChI is InChI=1S/C16H16ClNO2S/c1-19-14-7-11(17)12(8-15(14)20-2)18-13-9-21-16-6-4-3-5-10(13)16/h3-8,13,18H,9H2,1-2H3. The summed E-state index contributed by atoms with van der Waals surface area (Å²) in [5, 5.41) is 4.13. The molecule has 0 saturated carbocycles. The van der Waals surface area contributed by atoms with Crippen LogP contribution in [0.5, 0.6) is 11.5 Å². The van der Waals surface area contributed by atoms with Gasteiger partial charge in [-0.15, -0.1) is 11.8 Å². The number of hydrogen-bond donors (Lipinski definition) is 1. The van der Waals surface area contributed by atoms with Crippen LogP contribution in [0.1, 0.15) is 11.6 Å². The molecule has 1 N–H and O–H groups in total. The number of anilines is 1. The molecule has 0 aromatic heterocycles. The largest absolute Gasteiger partial charge is 0.493 e. The lowest BCUT2D eigenvalue weighted by Gasteiger charge is -2.18. The van der Waals surface area contributed by atoms with E-state index in [1.54, 1.807) is 20.3 Å². The van der Waals surface area contributed by atoms with Gasteiger partial charge in [0.25, 0.3) is 0 Å². The highest BCUT2D eigenvalue weighted by atomic mass is 35.5. The van der Waals surface area contributed by atoms with Crippen LogP contribution in [0.2, 0.25) is 5.02 Å². The van der Waals surface area contributed by atoms with Crippen LogP contribution in [0.25, 0.3) is 0 Å². The van der Waals surface area contributed by atoms with Crippen LogP contribution in [0, 0.1) is 0 Å². The molecule has 0 fully saturated rings. The van der Waals surface area contributed by atoms with Crippen LogP contribution >= 0.6 is 23.4 Å². The first kappa shape index (κ1) is 14.4.